The van der Waals surface area contributed by atoms with Crippen molar-refractivity contribution in [3.63, 3.8) is 0 Å². The van der Waals surface area contributed by atoms with Crippen molar-refractivity contribution >= 4 is 5.91 Å². The molecule has 0 saturated heterocycles. The molecule has 0 radical (unpaired) electrons. The standard InChI is InChI=1S/C11H22N2O.FH/c1-9(2)11(14)12-8-6-7-10(3)13(4)5;/h10H,1,6-8H2,2-5H3,(H,12,14);1H. The molecule has 0 aliphatic rings. The molecule has 0 aromatic carbocycles. The van der Waals surface area contributed by atoms with E-state index in [4.69, 9.17) is 0 Å². The average Bonchev–Trinajstić information content (AvgIpc) is 2.11. The van der Waals surface area contributed by atoms with Crippen LogP contribution >= 0.6 is 0 Å². The number of carbonyl (C=O) groups is 1. The Kier molecular flexibility index (Phi) is 9.27. The fourth-order valence-corrected chi connectivity index (χ4v) is 1.01. The summed E-state index contributed by atoms with van der Waals surface area (Å²) in [5.41, 5.74) is 0.575. The van der Waals surface area contributed by atoms with E-state index in [9.17, 15) is 4.79 Å². The molecule has 1 amide bonds. The Labute approximate surface area is 91.9 Å². The van der Waals surface area contributed by atoms with E-state index in [1.165, 1.54) is 0 Å². The summed E-state index contributed by atoms with van der Waals surface area (Å²) in [6.07, 6.45) is 2.11. The van der Waals surface area contributed by atoms with Crippen LogP contribution in [-0.2, 0) is 4.79 Å². The predicted molar refractivity (Wildman–Crippen MR) is 62.7 cm³/mol. The number of hydrogen-bond acceptors (Lipinski definition) is 2. The van der Waals surface area contributed by atoms with Crippen molar-refractivity contribution in [3.8, 4) is 0 Å². The molecule has 0 heterocycles. The third-order valence-electron chi connectivity index (χ3n) is 2.35. The first-order valence-corrected chi connectivity index (χ1v) is 5.05. The van der Waals surface area contributed by atoms with E-state index < -0.39 is 0 Å². The van der Waals surface area contributed by atoms with Gasteiger partial charge in [-0.1, -0.05) is 6.58 Å². The second-order valence-corrected chi connectivity index (χ2v) is 3.99. The summed E-state index contributed by atoms with van der Waals surface area (Å²) in [5.74, 6) is -0.0393. The molecular weight excluding hydrogens is 195 g/mol. The SMILES string of the molecule is C=C(C)C(=O)NCCCC(C)N(C)C.F. The van der Waals surface area contributed by atoms with Crippen molar-refractivity contribution in [1.82, 2.24) is 10.2 Å². The van der Waals surface area contributed by atoms with E-state index in [0.29, 0.717) is 11.6 Å². The lowest BCUT2D eigenvalue weighted by Gasteiger charge is -2.19. The average molecular weight is 218 g/mol. The quantitative estimate of drug-likeness (QED) is 0.542. The van der Waals surface area contributed by atoms with Crippen LogP contribution in [0.1, 0.15) is 26.7 Å². The summed E-state index contributed by atoms with van der Waals surface area (Å²) < 4.78 is 0. The number of nitrogens with one attached hydrogen (secondary N) is 1. The second-order valence-electron chi connectivity index (χ2n) is 3.99. The zero-order chi connectivity index (χ0) is 11.1. The highest BCUT2D eigenvalue weighted by atomic mass is 19.0. The lowest BCUT2D eigenvalue weighted by atomic mass is 10.1. The summed E-state index contributed by atoms with van der Waals surface area (Å²) in [7, 11) is 4.13. The molecule has 0 aromatic heterocycles. The van der Waals surface area contributed by atoms with E-state index in [1.54, 1.807) is 6.92 Å². The number of halogens is 1. The zero-order valence-corrected chi connectivity index (χ0v) is 10.2. The molecule has 0 aliphatic carbocycles. The summed E-state index contributed by atoms with van der Waals surface area (Å²) in [4.78, 5) is 13.3. The molecule has 3 nitrogen and oxygen atoms in total. The van der Waals surface area contributed by atoms with E-state index in [-0.39, 0.29) is 10.6 Å². The van der Waals surface area contributed by atoms with E-state index in [0.717, 1.165) is 19.4 Å². The minimum atomic E-state index is -0.0393. The molecule has 90 valence electrons. The van der Waals surface area contributed by atoms with Gasteiger partial charge in [-0.3, -0.25) is 9.50 Å². The van der Waals surface area contributed by atoms with Crippen LogP contribution in [0.5, 0.6) is 0 Å². The van der Waals surface area contributed by atoms with Crippen molar-refractivity contribution in [1.29, 1.82) is 0 Å². The Balaban J connectivity index is 0. The number of nitrogens with zero attached hydrogens (tertiary/aromatic N) is 1. The van der Waals surface area contributed by atoms with Gasteiger partial charge in [0.25, 0.3) is 0 Å². The Morgan fingerprint density at radius 3 is 2.40 bits per heavy atom. The maximum absolute atomic E-state index is 11.1. The second kappa shape index (κ2) is 8.41. The van der Waals surface area contributed by atoms with Gasteiger partial charge in [-0.2, -0.15) is 0 Å². The van der Waals surface area contributed by atoms with Gasteiger partial charge in [-0.05, 0) is 40.8 Å². The molecule has 1 N–H and O–H groups in total. The van der Waals surface area contributed by atoms with Crippen molar-refractivity contribution < 1.29 is 9.50 Å². The van der Waals surface area contributed by atoms with E-state index in [2.05, 4.69) is 37.8 Å². The van der Waals surface area contributed by atoms with Gasteiger partial charge in [-0.15, -0.1) is 0 Å². The van der Waals surface area contributed by atoms with Gasteiger partial charge in [-0.25, -0.2) is 0 Å². The summed E-state index contributed by atoms with van der Waals surface area (Å²) in [6, 6.07) is 0.566. The largest absolute Gasteiger partial charge is 0.352 e. The fraction of sp³-hybridized carbons (Fsp3) is 0.727. The molecule has 1 atom stereocenters. The molecule has 0 rings (SSSR count). The first-order valence-electron chi connectivity index (χ1n) is 5.05. The predicted octanol–water partition coefficient (Wildman–Crippen LogP) is 1.56. The normalized spacial score (nSPS) is 11.8. The lowest BCUT2D eigenvalue weighted by molar-refractivity contribution is -0.117. The van der Waals surface area contributed by atoms with Crippen LogP contribution in [-0.4, -0.2) is 37.5 Å². The highest BCUT2D eigenvalue weighted by molar-refractivity contribution is 5.91. The number of hydrogen-bond donors (Lipinski definition) is 1. The number of carbonyl (C=O) groups excluding carboxylic acids is 1. The van der Waals surface area contributed by atoms with Gasteiger partial charge in [0.2, 0.25) is 5.91 Å². The van der Waals surface area contributed by atoms with Crippen molar-refractivity contribution in [2.75, 3.05) is 20.6 Å². The minimum Gasteiger partial charge on any atom is -0.352 e. The molecule has 0 bridgehead atoms. The van der Waals surface area contributed by atoms with Gasteiger partial charge >= 0.3 is 0 Å². The first-order chi connectivity index (χ1) is 6.45. The Morgan fingerprint density at radius 1 is 1.47 bits per heavy atom. The van der Waals surface area contributed by atoms with Crippen LogP contribution in [0, 0.1) is 0 Å². The molecule has 0 fully saturated rings. The molecule has 0 saturated carbocycles. The molecule has 0 aliphatic heterocycles. The van der Waals surface area contributed by atoms with Gasteiger partial charge in [0.15, 0.2) is 0 Å². The maximum atomic E-state index is 11.1. The van der Waals surface area contributed by atoms with Crippen LogP contribution in [0.25, 0.3) is 0 Å². The minimum absolute atomic E-state index is 0. The topological polar surface area (TPSA) is 32.3 Å². The Hall–Kier alpha value is -0.900. The van der Waals surface area contributed by atoms with Gasteiger partial charge in [0, 0.05) is 18.2 Å². The molecular formula is C11H23FN2O. The van der Waals surface area contributed by atoms with Gasteiger partial charge in [0.05, 0.1) is 0 Å². The molecule has 1 unspecified atom stereocenters. The summed E-state index contributed by atoms with van der Waals surface area (Å²) >= 11 is 0. The molecule has 15 heavy (non-hydrogen) atoms. The van der Waals surface area contributed by atoms with E-state index in [1.807, 2.05) is 0 Å². The third kappa shape index (κ3) is 8.12. The molecule has 4 heteroatoms. The first kappa shape index (κ1) is 16.5. The smallest absolute Gasteiger partial charge is 0.246 e. The maximum Gasteiger partial charge on any atom is 0.246 e. The van der Waals surface area contributed by atoms with Crippen LogP contribution in [0.4, 0.5) is 4.70 Å². The molecule has 0 aromatic rings. The van der Waals surface area contributed by atoms with Crippen LogP contribution in [0.3, 0.4) is 0 Å². The fourth-order valence-electron chi connectivity index (χ4n) is 1.01. The zero-order valence-electron chi connectivity index (χ0n) is 10.2. The molecule has 0 spiro atoms. The highest BCUT2D eigenvalue weighted by Crippen LogP contribution is 2.00. The lowest BCUT2D eigenvalue weighted by Crippen LogP contribution is -2.28. The highest BCUT2D eigenvalue weighted by Gasteiger charge is 2.04. The Bertz CT molecular complexity index is 205. The van der Waals surface area contributed by atoms with Crippen LogP contribution in [0.15, 0.2) is 12.2 Å². The van der Waals surface area contributed by atoms with Gasteiger partial charge < -0.3 is 10.2 Å². The van der Waals surface area contributed by atoms with Crippen molar-refractivity contribution in [2.24, 2.45) is 0 Å². The summed E-state index contributed by atoms with van der Waals surface area (Å²) in [6.45, 7) is 8.22. The number of amides is 1. The number of rotatable bonds is 6. The third-order valence-corrected chi connectivity index (χ3v) is 2.35. The van der Waals surface area contributed by atoms with E-state index >= 15 is 0 Å². The van der Waals surface area contributed by atoms with Crippen molar-refractivity contribution in [2.45, 2.75) is 32.7 Å². The summed E-state index contributed by atoms with van der Waals surface area (Å²) in [5, 5.41) is 2.82. The van der Waals surface area contributed by atoms with Gasteiger partial charge in [0.1, 0.15) is 0 Å². The Morgan fingerprint density at radius 2 is 2.00 bits per heavy atom. The van der Waals surface area contributed by atoms with Crippen molar-refractivity contribution in [3.05, 3.63) is 12.2 Å². The monoisotopic (exact) mass is 218 g/mol. The van der Waals surface area contributed by atoms with Crippen LogP contribution < -0.4 is 5.32 Å². The van der Waals surface area contributed by atoms with Crippen LogP contribution in [0.2, 0.25) is 0 Å².